The Kier molecular flexibility index (Phi) is 4.40. The molecule has 1 amide bonds. The Labute approximate surface area is 118 Å². The fourth-order valence-electron chi connectivity index (χ4n) is 2.99. The maximum atomic E-state index is 12.5. The van der Waals surface area contributed by atoms with Crippen LogP contribution in [-0.4, -0.2) is 16.1 Å². The van der Waals surface area contributed by atoms with Gasteiger partial charge in [-0.3, -0.25) is 4.79 Å². The fraction of sp³-hybridized carbons (Fsp3) is 0.643. The third-order valence-corrected chi connectivity index (χ3v) is 3.92. The van der Waals surface area contributed by atoms with Gasteiger partial charge in [0.25, 0.3) is 0 Å². The number of amides is 1. The number of hydrogen-bond acceptors (Lipinski definition) is 3. The quantitative estimate of drug-likeness (QED) is 0.916. The van der Waals surface area contributed by atoms with E-state index in [0.717, 1.165) is 32.1 Å². The number of halogens is 1. The summed E-state index contributed by atoms with van der Waals surface area (Å²) in [6.45, 7) is 4.32. The molecule has 4 nitrogen and oxygen atoms in total. The van der Waals surface area contributed by atoms with Gasteiger partial charge in [0.1, 0.15) is 0 Å². The van der Waals surface area contributed by atoms with E-state index in [9.17, 15) is 4.79 Å². The van der Waals surface area contributed by atoms with Crippen molar-refractivity contribution in [3.8, 4) is 0 Å². The Morgan fingerprint density at radius 2 is 2.05 bits per heavy atom. The van der Waals surface area contributed by atoms with Crippen molar-refractivity contribution < 1.29 is 4.79 Å². The van der Waals surface area contributed by atoms with E-state index in [1.165, 1.54) is 0 Å². The van der Waals surface area contributed by atoms with Crippen LogP contribution in [0.3, 0.4) is 0 Å². The van der Waals surface area contributed by atoms with E-state index in [0.29, 0.717) is 16.9 Å². The molecule has 0 spiro atoms. The van der Waals surface area contributed by atoms with Gasteiger partial charge in [-0.15, -0.1) is 10.2 Å². The zero-order valence-corrected chi connectivity index (χ0v) is 12.2. The normalized spacial score (nSPS) is 17.7. The number of aromatic nitrogens is 2. The molecular formula is C14H20ClN3O. The molecule has 1 saturated carbocycles. The van der Waals surface area contributed by atoms with Crippen molar-refractivity contribution >= 4 is 23.3 Å². The van der Waals surface area contributed by atoms with Crippen LogP contribution >= 0.6 is 11.6 Å². The van der Waals surface area contributed by atoms with Crippen LogP contribution in [0.2, 0.25) is 5.15 Å². The highest BCUT2D eigenvalue weighted by Gasteiger charge is 2.41. The maximum absolute atomic E-state index is 12.5. The lowest BCUT2D eigenvalue weighted by Gasteiger charge is -2.29. The Morgan fingerprint density at radius 1 is 1.37 bits per heavy atom. The summed E-state index contributed by atoms with van der Waals surface area (Å²) in [5.41, 5.74) is -0.227. The summed E-state index contributed by atoms with van der Waals surface area (Å²) < 4.78 is 0. The zero-order valence-electron chi connectivity index (χ0n) is 11.4. The van der Waals surface area contributed by atoms with Crippen LogP contribution < -0.4 is 5.32 Å². The van der Waals surface area contributed by atoms with Gasteiger partial charge >= 0.3 is 0 Å². The minimum absolute atomic E-state index is 0.0790. The Balaban J connectivity index is 2.09. The molecule has 5 heteroatoms. The van der Waals surface area contributed by atoms with Gasteiger partial charge in [0, 0.05) is 5.41 Å². The molecule has 1 fully saturated rings. The Hall–Kier alpha value is -1.16. The van der Waals surface area contributed by atoms with Crippen molar-refractivity contribution in [2.24, 2.45) is 11.3 Å². The van der Waals surface area contributed by atoms with Gasteiger partial charge in [-0.1, -0.05) is 38.3 Å². The highest BCUT2D eigenvalue weighted by atomic mass is 35.5. The average molecular weight is 282 g/mol. The van der Waals surface area contributed by atoms with Crippen LogP contribution in [0.25, 0.3) is 0 Å². The third kappa shape index (κ3) is 3.44. The molecule has 0 bridgehead atoms. The van der Waals surface area contributed by atoms with E-state index in [2.05, 4.69) is 29.4 Å². The number of carbonyl (C=O) groups is 1. The molecule has 0 aromatic carbocycles. The summed E-state index contributed by atoms with van der Waals surface area (Å²) in [4.78, 5) is 12.5. The van der Waals surface area contributed by atoms with E-state index in [-0.39, 0.29) is 11.3 Å². The van der Waals surface area contributed by atoms with E-state index >= 15 is 0 Å². The summed E-state index contributed by atoms with van der Waals surface area (Å²) in [6.07, 6.45) is 5.13. The topological polar surface area (TPSA) is 54.9 Å². The van der Waals surface area contributed by atoms with Crippen molar-refractivity contribution in [1.82, 2.24) is 10.2 Å². The van der Waals surface area contributed by atoms with Crippen LogP contribution in [0, 0.1) is 11.3 Å². The van der Waals surface area contributed by atoms with Crippen LogP contribution in [0.4, 0.5) is 5.82 Å². The molecule has 0 aliphatic heterocycles. The number of rotatable bonds is 4. The summed E-state index contributed by atoms with van der Waals surface area (Å²) in [7, 11) is 0. The van der Waals surface area contributed by atoms with Crippen molar-refractivity contribution in [1.29, 1.82) is 0 Å². The van der Waals surface area contributed by atoms with Gasteiger partial charge < -0.3 is 5.32 Å². The predicted octanol–water partition coefficient (Wildman–Crippen LogP) is 3.68. The van der Waals surface area contributed by atoms with Crippen molar-refractivity contribution in [3.63, 3.8) is 0 Å². The first-order valence-corrected chi connectivity index (χ1v) is 7.20. The molecular weight excluding hydrogens is 262 g/mol. The maximum Gasteiger partial charge on any atom is 0.231 e. The van der Waals surface area contributed by atoms with E-state index in [4.69, 9.17) is 11.6 Å². The van der Waals surface area contributed by atoms with Crippen molar-refractivity contribution in [3.05, 3.63) is 17.3 Å². The van der Waals surface area contributed by atoms with Crippen LogP contribution in [0.1, 0.15) is 46.0 Å². The van der Waals surface area contributed by atoms with Crippen LogP contribution in [-0.2, 0) is 4.79 Å². The van der Waals surface area contributed by atoms with Gasteiger partial charge in [-0.05, 0) is 37.3 Å². The minimum atomic E-state index is -0.227. The molecule has 0 unspecified atom stereocenters. The molecule has 1 heterocycles. The average Bonchev–Trinajstić information content (AvgIpc) is 2.81. The van der Waals surface area contributed by atoms with E-state index < -0.39 is 0 Å². The highest BCUT2D eigenvalue weighted by molar-refractivity contribution is 6.29. The van der Waals surface area contributed by atoms with Gasteiger partial charge in [0.15, 0.2) is 11.0 Å². The first kappa shape index (κ1) is 14.3. The number of nitrogens with one attached hydrogen (secondary N) is 1. The Morgan fingerprint density at radius 3 is 2.58 bits per heavy atom. The molecule has 104 valence electrons. The fourth-order valence-corrected chi connectivity index (χ4v) is 3.09. The van der Waals surface area contributed by atoms with E-state index in [1.807, 2.05) is 0 Å². The number of nitrogens with zero attached hydrogens (tertiary/aromatic N) is 2. The third-order valence-electron chi connectivity index (χ3n) is 3.71. The summed E-state index contributed by atoms with van der Waals surface area (Å²) >= 11 is 5.69. The monoisotopic (exact) mass is 281 g/mol. The molecule has 1 aliphatic rings. The number of anilines is 1. The summed E-state index contributed by atoms with van der Waals surface area (Å²) in [5.74, 6) is 1.07. The van der Waals surface area contributed by atoms with Crippen molar-refractivity contribution in [2.75, 3.05) is 5.32 Å². The SMILES string of the molecule is CC(C)CC1(C(=O)Nc2ccc(Cl)nn2)CCCC1. The lowest BCUT2D eigenvalue weighted by atomic mass is 9.77. The van der Waals surface area contributed by atoms with E-state index in [1.54, 1.807) is 12.1 Å². The predicted molar refractivity (Wildman–Crippen MR) is 76.0 cm³/mol. The minimum Gasteiger partial charge on any atom is -0.309 e. The second-order valence-corrected chi connectivity index (χ2v) is 6.17. The molecule has 0 radical (unpaired) electrons. The summed E-state index contributed by atoms with van der Waals surface area (Å²) in [5, 5.41) is 10.8. The second kappa shape index (κ2) is 5.87. The number of hydrogen-bond donors (Lipinski definition) is 1. The van der Waals surface area contributed by atoms with Crippen LogP contribution in [0.15, 0.2) is 12.1 Å². The number of carbonyl (C=O) groups excluding carboxylic acids is 1. The second-order valence-electron chi connectivity index (χ2n) is 5.78. The Bertz CT molecular complexity index is 439. The standard InChI is InChI=1S/C14H20ClN3O/c1-10(2)9-14(7-3-4-8-14)13(19)16-12-6-5-11(15)17-18-12/h5-6,10H,3-4,7-9H2,1-2H3,(H,16,18,19). The highest BCUT2D eigenvalue weighted by Crippen LogP contribution is 2.43. The van der Waals surface area contributed by atoms with Crippen LogP contribution in [0.5, 0.6) is 0 Å². The first-order valence-electron chi connectivity index (χ1n) is 6.82. The lowest BCUT2D eigenvalue weighted by molar-refractivity contribution is -0.126. The van der Waals surface area contributed by atoms with Gasteiger partial charge in [-0.2, -0.15) is 0 Å². The van der Waals surface area contributed by atoms with Gasteiger partial charge in [0.05, 0.1) is 0 Å². The molecule has 1 aromatic rings. The largest absolute Gasteiger partial charge is 0.309 e. The molecule has 1 aliphatic carbocycles. The molecule has 1 aromatic heterocycles. The molecule has 0 atom stereocenters. The van der Waals surface area contributed by atoms with Crippen molar-refractivity contribution in [2.45, 2.75) is 46.0 Å². The van der Waals surface area contributed by atoms with Gasteiger partial charge in [0.2, 0.25) is 5.91 Å². The molecule has 19 heavy (non-hydrogen) atoms. The molecule has 1 N–H and O–H groups in total. The molecule has 2 rings (SSSR count). The molecule has 0 saturated heterocycles. The van der Waals surface area contributed by atoms with Gasteiger partial charge in [-0.25, -0.2) is 0 Å². The first-order chi connectivity index (χ1) is 9.02. The lowest BCUT2D eigenvalue weighted by Crippen LogP contribution is -2.35. The summed E-state index contributed by atoms with van der Waals surface area (Å²) in [6, 6.07) is 3.32. The smallest absolute Gasteiger partial charge is 0.231 e. The zero-order chi connectivity index (χ0) is 13.9.